The molecule has 3 aromatic rings. The summed E-state index contributed by atoms with van der Waals surface area (Å²) in [5.74, 6) is 2.02. The van der Waals surface area contributed by atoms with Gasteiger partial charge < -0.3 is 14.9 Å². The predicted octanol–water partition coefficient (Wildman–Crippen LogP) is 3.84. The third-order valence-corrected chi connectivity index (χ3v) is 4.40. The first-order valence-electron chi connectivity index (χ1n) is 8.10. The number of rotatable bonds is 5. The number of imidazole rings is 2. The Morgan fingerprint density at radius 3 is 2.91 bits per heavy atom. The Hall–Kier alpha value is -2.56. The Labute approximate surface area is 135 Å². The number of H-pyrrole nitrogens is 1. The number of nitrogens with zero attached hydrogens (tertiary/aromatic N) is 3. The maximum atomic E-state index is 4.58. The summed E-state index contributed by atoms with van der Waals surface area (Å²) in [6.45, 7) is 4.81. The highest BCUT2D eigenvalue weighted by atomic mass is 15.1. The standard InChI is InChI=1S/C18H21N5/c1-12-13(2)22-18(21-12)14-4-3-5-15(10-14)20-11-17-19-8-9-23(17)16-6-7-16/h3-5,8-10,16,20H,6-7,11H2,1-2H3,(H,21,22). The zero-order valence-electron chi connectivity index (χ0n) is 13.5. The SMILES string of the molecule is Cc1nc(-c2cccc(NCc3nccn3C3CC3)c2)[nH]c1C. The molecule has 1 aliphatic rings. The third kappa shape index (κ3) is 2.86. The molecule has 1 fully saturated rings. The number of hydrogen-bond acceptors (Lipinski definition) is 3. The summed E-state index contributed by atoms with van der Waals surface area (Å²) in [4.78, 5) is 12.4. The molecular formula is C18H21N5. The van der Waals surface area contributed by atoms with Crippen molar-refractivity contribution in [2.45, 2.75) is 39.3 Å². The molecule has 118 valence electrons. The second-order valence-electron chi connectivity index (χ2n) is 6.21. The molecule has 0 bridgehead atoms. The Morgan fingerprint density at radius 1 is 1.30 bits per heavy atom. The number of aromatic amines is 1. The van der Waals surface area contributed by atoms with Crippen LogP contribution in [0.1, 0.15) is 36.1 Å². The van der Waals surface area contributed by atoms with Gasteiger partial charge in [-0.05, 0) is 38.8 Å². The molecule has 5 heteroatoms. The van der Waals surface area contributed by atoms with E-state index in [0.29, 0.717) is 6.04 Å². The van der Waals surface area contributed by atoms with E-state index >= 15 is 0 Å². The largest absolute Gasteiger partial charge is 0.378 e. The maximum absolute atomic E-state index is 4.58. The van der Waals surface area contributed by atoms with Crippen LogP contribution in [0.5, 0.6) is 0 Å². The van der Waals surface area contributed by atoms with Crippen LogP contribution in [0.4, 0.5) is 5.69 Å². The highest BCUT2D eigenvalue weighted by molar-refractivity contribution is 5.63. The first-order valence-corrected chi connectivity index (χ1v) is 8.10. The van der Waals surface area contributed by atoms with Gasteiger partial charge in [0.05, 0.1) is 12.2 Å². The summed E-state index contributed by atoms with van der Waals surface area (Å²) < 4.78 is 2.29. The summed E-state index contributed by atoms with van der Waals surface area (Å²) >= 11 is 0. The topological polar surface area (TPSA) is 58.5 Å². The fourth-order valence-electron chi connectivity index (χ4n) is 2.81. The molecule has 4 rings (SSSR count). The van der Waals surface area contributed by atoms with Gasteiger partial charge in [0.15, 0.2) is 0 Å². The Kier molecular flexibility index (Phi) is 3.41. The van der Waals surface area contributed by atoms with Gasteiger partial charge in [-0.15, -0.1) is 0 Å². The Balaban J connectivity index is 1.51. The van der Waals surface area contributed by atoms with Gasteiger partial charge in [-0.2, -0.15) is 0 Å². The molecule has 2 aromatic heterocycles. The van der Waals surface area contributed by atoms with Crippen LogP contribution in [0.15, 0.2) is 36.7 Å². The van der Waals surface area contributed by atoms with Crippen molar-refractivity contribution in [3.8, 4) is 11.4 Å². The van der Waals surface area contributed by atoms with Crippen molar-refractivity contribution in [3.05, 3.63) is 53.9 Å². The number of aryl methyl sites for hydroxylation is 2. The van der Waals surface area contributed by atoms with Gasteiger partial charge in [-0.3, -0.25) is 0 Å². The van der Waals surface area contributed by atoms with Gasteiger partial charge in [-0.1, -0.05) is 12.1 Å². The number of nitrogens with one attached hydrogen (secondary N) is 2. The lowest BCUT2D eigenvalue weighted by molar-refractivity contribution is 0.690. The maximum Gasteiger partial charge on any atom is 0.137 e. The summed E-state index contributed by atoms with van der Waals surface area (Å²) in [6.07, 6.45) is 6.52. The number of aromatic nitrogens is 4. The van der Waals surface area contributed by atoms with Crippen LogP contribution in [-0.2, 0) is 6.54 Å². The van der Waals surface area contributed by atoms with Crippen molar-refractivity contribution >= 4 is 5.69 Å². The van der Waals surface area contributed by atoms with E-state index in [1.165, 1.54) is 12.8 Å². The van der Waals surface area contributed by atoms with Crippen molar-refractivity contribution in [2.24, 2.45) is 0 Å². The van der Waals surface area contributed by atoms with Crippen molar-refractivity contribution in [3.63, 3.8) is 0 Å². The van der Waals surface area contributed by atoms with E-state index < -0.39 is 0 Å². The number of anilines is 1. The average molecular weight is 307 g/mol. The zero-order valence-corrected chi connectivity index (χ0v) is 13.5. The van der Waals surface area contributed by atoms with Crippen LogP contribution in [0.3, 0.4) is 0 Å². The molecule has 0 radical (unpaired) electrons. The van der Waals surface area contributed by atoms with E-state index in [9.17, 15) is 0 Å². The van der Waals surface area contributed by atoms with Crippen LogP contribution in [-0.4, -0.2) is 19.5 Å². The van der Waals surface area contributed by atoms with Crippen molar-refractivity contribution < 1.29 is 0 Å². The summed E-state index contributed by atoms with van der Waals surface area (Å²) in [5, 5.41) is 3.48. The van der Waals surface area contributed by atoms with Gasteiger partial charge in [0, 0.05) is 35.4 Å². The lowest BCUT2D eigenvalue weighted by Crippen LogP contribution is -2.07. The number of hydrogen-bond donors (Lipinski definition) is 2. The molecule has 0 spiro atoms. The van der Waals surface area contributed by atoms with Crippen molar-refractivity contribution in [1.82, 2.24) is 19.5 Å². The molecule has 1 saturated carbocycles. The molecule has 1 aliphatic carbocycles. The smallest absolute Gasteiger partial charge is 0.137 e. The van der Waals surface area contributed by atoms with E-state index in [1.54, 1.807) is 0 Å². The highest BCUT2D eigenvalue weighted by Crippen LogP contribution is 2.35. The summed E-state index contributed by atoms with van der Waals surface area (Å²) in [6, 6.07) is 9.00. The van der Waals surface area contributed by atoms with Gasteiger partial charge in [0.25, 0.3) is 0 Å². The van der Waals surface area contributed by atoms with Gasteiger partial charge in [0.2, 0.25) is 0 Å². The van der Waals surface area contributed by atoms with E-state index in [1.807, 2.05) is 20.0 Å². The minimum absolute atomic E-state index is 0.662. The van der Waals surface area contributed by atoms with Crippen LogP contribution in [0, 0.1) is 13.8 Å². The third-order valence-electron chi connectivity index (χ3n) is 4.40. The van der Waals surface area contributed by atoms with E-state index in [2.05, 4.69) is 55.3 Å². The van der Waals surface area contributed by atoms with Crippen LogP contribution in [0.25, 0.3) is 11.4 Å². The first kappa shape index (κ1) is 14.1. The lowest BCUT2D eigenvalue weighted by Gasteiger charge is -2.09. The van der Waals surface area contributed by atoms with E-state index in [0.717, 1.165) is 40.8 Å². The second-order valence-corrected chi connectivity index (χ2v) is 6.21. The van der Waals surface area contributed by atoms with E-state index in [4.69, 9.17) is 0 Å². The summed E-state index contributed by atoms with van der Waals surface area (Å²) in [7, 11) is 0. The van der Waals surface area contributed by atoms with E-state index in [-0.39, 0.29) is 0 Å². The van der Waals surface area contributed by atoms with Crippen LogP contribution >= 0.6 is 0 Å². The average Bonchev–Trinajstić information content (AvgIpc) is 3.20. The monoisotopic (exact) mass is 307 g/mol. The molecule has 0 unspecified atom stereocenters. The minimum atomic E-state index is 0.662. The Morgan fingerprint density at radius 2 is 2.17 bits per heavy atom. The van der Waals surface area contributed by atoms with Gasteiger partial charge >= 0.3 is 0 Å². The molecule has 0 saturated heterocycles. The fourth-order valence-corrected chi connectivity index (χ4v) is 2.81. The normalized spacial score (nSPS) is 14.2. The quantitative estimate of drug-likeness (QED) is 0.753. The molecule has 2 heterocycles. The molecule has 0 amide bonds. The van der Waals surface area contributed by atoms with Crippen molar-refractivity contribution in [2.75, 3.05) is 5.32 Å². The molecule has 23 heavy (non-hydrogen) atoms. The highest BCUT2D eigenvalue weighted by Gasteiger charge is 2.25. The first-order chi connectivity index (χ1) is 11.2. The molecular weight excluding hydrogens is 286 g/mol. The second kappa shape index (κ2) is 5.57. The lowest BCUT2D eigenvalue weighted by atomic mass is 10.2. The molecule has 0 aliphatic heterocycles. The minimum Gasteiger partial charge on any atom is -0.378 e. The molecule has 1 aromatic carbocycles. The van der Waals surface area contributed by atoms with Gasteiger partial charge in [-0.25, -0.2) is 9.97 Å². The summed E-state index contributed by atoms with van der Waals surface area (Å²) in [5.41, 5.74) is 4.34. The van der Waals surface area contributed by atoms with Crippen molar-refractivity contribution in [1.29, 1.82) is 0 Å². The van der Waals surface area contributed by atoms with Gasteiger partial charge in [0.1, 0.15) is 11.6 Å². The predicted molar refractivity (Wildman–Crippen MR) is 91.3 cm³/mol. The number of benzene rings is 1. The van der Waals surface area contributed by atoms with Crippen LogP contribution in [0.2, 0.25) is 0 Å². The Bertz CT molecular complexity index is 806. The zero-order chi connectivity index (χ0) is 15.8. The van der Waals surface area contributed by atoms with Crippen LogP contribution < -0.4 is 5.32 Å². The molecule has 0 atom stereocenters. The molecule has 5 nitrogen and oxygen atoms in total. The fraction of sp³-hybridized carbons (Fsp3) is 0.333. The molecule has 2 N–H and O–H groups in total.